The van der Waals surface area contributed by atoms with E-state index in [0.29, 0.717) is 5.82 Å². The third-order valence-corrected chi connectivity index (χ3v) is 3.44. The topological polar surface area (TPSA) is 74.9 Å². The molecule has 0 spiro atoms. The van der Waals surface area contributed by atoms with Gasteiger partial charge in [0.25, 0.3) is 0 Å². The van der Waals surface area contributed by atoms with Crippen molar-refractivity contribution in [1.29, 1.82) is 0 Å². The molecule has 20 heavy (non-hydrogen) atoms. The molecule has 4 nitrogen and oxygen atoms in total. The molecule has 102 valence electrons. The summed E-state index contributed by atoms with van der Waals surface area (Å²) in [5, 5.41) is 9.56. The summed E-state index contributed by atoms with van der Waals surface area (Å²) in [4.78, 5) is 7.46. The standard InChI is InChI=1S/C16H17N3O/c1-10(20)16-18-13-8-7-12(9-14(13)19-16)15(17)11-5-3-2-4-6-11/h2-10,15,20H,17H2,1H3,(H,18,19)/t10-,15?/m0/s1. The normalized spacial score (nSPS) is 14.3. The van der Waals surface area contributed by atoms with Gasteiger partial charge >= 0.3 is 0 Å². The van der Waals surface area contributed by atoms with E-state index in [1.54, 1.807) is 6.92 Å². The van der Waals surface area contributed by atoms with Crippen molar-refractivity contribution in [3.63, 3.8) is 0 Å². The van der Waals surface area contributed by atoms with E-state index in [-0.39, 0.29) is 6.04 Å². The van der Waals surface area contributed by atoms with Gasteiger partial charge in [-0.3, -0.25) is 0 Å². The lowest BCUT2D eigenvalue weighted by Crippen LogP contribution is -2.11. The first-order valence-electron chi connectivity index (χ1n) is 6.63. The number of rotatable bonds is 3. The summed E-state index contributed by atoms with van der Waals surface area (Å²) in [6.07, 6.45) is -0.603. The second-order valence-corrected chi connectivity index (χ2v) is 4.96. The second kappa shape index (κ2) is 5.07. The molecule has 0 aliphatic heterocycles. The molecule has 0 aliphatic carbocycles. The minimum Gasteiger partial charge on any atom is -0.385 e. The summed E-state index contributed by atoms with van der Waals surface area (Å²) in [5.74, 6) is 0.574. The zero-order valence-electron chi connectivity index (χ0n) is 11.2. The number of imidazole rings is 1. The molecule has 3 rings (SSSR count). The third-order valence-electron chi connectivity index (χ3n) is 3.44. The Morgan fingerprint density at radius 2 is 1.85 bits per heavy atom. The fourth-order valence-corrected chi connectivity index (χ4v) is 2.29. The highest BCUT2D eigenvalue weighted by molar-refractivity contribution is 5.76. The molecular weight excluding hydrogens is 250 g/mol. The Morgan fingerprint density at radius 3 is 2.55 bits per heavy atom. The molecule has 3 aromatic rings. The van der Waals surface area contributed by atoms with Gasteiger partial charge < -0.3 is 15.8 Å². The summed E-state index contributed by atoms with van der Waals surface area (Å²) in [7, 11) is 0. The summed E-state index contributed by atoms with van der Waals surface area (Å²) in [5.41, 5.74) is 10.1. The second-order valence-electron chi connectivity index (χ2n) is 4.96. The highest BCUT2D eigenvalue weighted by Gasteiger charge is 2.12. The SMILES string of the molecule is C[C@H](O)c1nc2ccc(C(N)c3ccccc3)cc2[nH]1. The van der Waals surface area contributed by atoms with Crippen LogP contribution in [0, 0.1) is 0 Å². The molecule has 0 saturated heterocycles. The number of H-pyrrole nitrogens is 1. The van der Waals surface area contributed by atoms with Crippen molar-refractivity contribution >= 4 is 11.0 Å². The maximum absolute atomic E-state index is 9.56. The lowest BCUT2D eigenvalue weighted by atomic mass is 9.99. The Hall–Kier alpha value is -2.17. The maximum Gasteiger partial charge on any atom is 0.135 e. The minimum atomic E-state index is -0.603. The first-order chi connectivity index (χ1) is 9.65. The third kappa shape index (κ3) is 2.31. The molecular formula is C16H17N3O. The average Bonchev–Trinajstić information content (AvgIpc) is 2.90. The molecule has 2 aromatic carbocycles. The number of aromatic amines is 1. The van der Waals surface area contributed by atoms with Crippen LogP contribution < -0.4 is 5.73 Å². The van der Waals surface area contributed by atoms with Crippen molar-refractivity contribution in [3.8, 4) is 0 Å². The Morgan fingerprint density at radius 1 is 1.10 bits per heavy atom. The quantitative estimate of drug-likeness (QED) is 0.683. The highest BCUT2D eigenvalue weighted by atomic mass is 16.3. The smallest absolute Gasteiger partial charge is 0.135 e. The van der Waals surface area contributed by atoms with E-state index in [4.69, 9.17) is 5.73 Å². The fourth-order valence-electron chi connectivity index (χ4n) is 2.29. The summed E-state index contributed by atoms with van der Waals surface area (Å²) < 4.78 is 0. The van der Waals surface area contributed by atoms with E-state index >= 15 is 0 Å². The molecule has 0 bridgehead atoms. The van der Waals surface area contributed by atoms with Gasteiger partial charge in [0.1, 0.15) is 11.9 Å². The fraction of sp³-hybridized carbons (Fsp3) is 0.188. The predicted molar refractivity (Wildman–Crippen MR) is 79.2 cm³/mol. The molecule has 1 unspecified atom stereocenters. The highest BCUT2D eigenvalue weighted by Crippen LogP contribution is 2.23. The van der Waals surface area contributed by atoms with Gasteiger partial charge in [0.15, 0.2) is 0 Å². The van der Waals surface area contributed by atoms with Crippen molar-refractivity contribution in [2.45, 2.75) is 19.1 Å². The number of nitrogens with one attached hydrogen (secondary N) is 1. The Kier molecular flexibility index (Phi) is 3.26. The van der Waals surface area contributed by atoms with E-state index in [0.717, 1.165) is 22.2 Å². The molecule has 4 heteroatoms. The number of benzene rings is 2. The van der Waals surface area contributed by atoms with Gasteiger partial charge in [-0.2, -0.15) is 0 Å². The predicted octanol–water partition coefficient (Wildman–Crippen LogP) is 2.66. The summed E-state index contributed by atoms with van der Waals surface area (Å²) in [6, 6.07) is 15.7. The van der Waals surface area contributed by atoms with Crippen molar-refractivity contribution in [3.05, 3.63) is 65.5 Å². The number of hydrogen-bond acceptors (Lipinski definition) is 3. The van der Waals surface area contributed by atoms with Gasteiger partial charge in [-0.25, -0.2) is 4.98 Å². The zero-order valence-corrected chi connectivity index (χ0v) is 11.2. The van der Waals surface area contributed by atoms with Crippen LogP contribution in [0.3, 0.4) is 0 Å². The first-order valence-corrected chi connectivity index (χ1v) is 6.63. The van der Waals surface area contributed by atoms with Crippen LogP contribution in [0.4, 0.5) is 0 Å². The monoisotopic (exact) mass is 267 g/mol. The van der Waals surface area contributed by atoms with Crippen molar-refractivity contribution in [2.75, 3.05) is 0 Å². The molecule has 0 saturated carbocycles. The van der Waals surface area contributed by atoms with E-state index in [1.807, 2.05) is 48.5 Å². The van der Waals surface area contributed by atoms with Crippen molar-refractivity contribution in [1.82, 2.24) is 9.97 Å². The number of aliphatic hydroxyl groups is 1. The van der Waals surface area contributed by atoms with Crippen molar-refractivity contribution < 1.29 is 5.11 Å². The number of aromatic nitrogens is 2. The van der Waals surface area contributed by atoms with E-state index in [9.17, 15) is 5.11 Å². The van der Waals surface area contributed by atoms with Crippen LogP contribution >= 0.6 is 0 Å². The number of fused-ring (bicyclic) bond motifs is 1. The Labute approximate surface area is 117 Å². The first kappa shape index (κ1) is 12.8. The van der Waals surface area contributed by atoms with Crippen LogP contribution in [0.25, 0.3) is 11.0 Å². The molecule has 0 aliphatic rings. The molecule has 0 amide bonds. The molecule has 1 aromatic heterocycles. The molecule has 2 atom stereocenters. The van der Waals surface area contributed by atoms with Gasteiger partial charge in [0, 0.05) is 0 Å². The summed E-state index contributed by atoms with van der Waals surface area (Å²) >= 11 is 0. The van der Waals surface area contributed by atoms with Gasteiger partial charge in [-0.15, -0.1) is 0 Å². The lowest BCUT2D eigenvalue weighted by molar-refractivity contribution is 0.190. The lowest BCUT2D eigenvalue weighted by Gasteiger charge is -2.12. The van der Waals surface area contributed by atoms with E-state index in [1.165, 1.54) is 0 Å². The van der Waals surface area contributed by atoms with Gasteiger partial charge in [-0.05, 0) is 30.2 Å². The Bertz CT molecular complexity index is 719. The van der Waals surface area contributed by atoms with E-state index in [2.05, 4.69) is 9.97 Å². The molecule has 0 radical (unpaired) electrons. The van der Waals surface area contributed by atoms with Gasteiger partial charge in [-0.1, -0.05) is 36.4 Å². The van der Waals surface area contributed by atoms with Gasteiger partial charge in [0.2, 0.25) is 0 Å². The van der Waals surface area contributed by atoms with Crippen molar-refractivity contribution in [2.24, 2.45) is 5.73 Å². The van der Waals surface area contributed by atoms with Crippen LogP contribution in [-0.4, -0.2) is 15.1 Å². The number of nitrogens with zero attached hydrogens (tertiary/aromatic N) is 1. The zero-order chi connectivity index (χ0) is 14.1. The molecule has 0 fully saturated rings. The summed E-state index contributed by atoms with van der Waals surface area (Å²) in [6.45, 7) is 1.69. The van der Waals surface area contributed by atoms with Crippen LogP contribution in [0.5, 0.6) is 0 Å². The number of hydrogen-bond donors (Lipinski definition) is 3. The Balaban J connectivity index is 2.00. The maximum atomic E-state index is 9.56. The van der Waals surface area contributed by atoms with Crippen LogP contribution in [0.2, 0.25) is 0 Å². The average molecular weight is 267 g/mol. The van der Waals surface area contributed by atoms with Crippen LogP contribution in [-0.2, 0) is 0 Å². The van der Waals surface area contributed by atoms with E-state index < -0.39 is 6.10 Å². The molecule has 1 heterocycles. The molecule has 4 N–H and O–H groups in total. The van der Waals surface area contributed by atoms with Gasteiger partial charge in [0.05, 0.1) is 17.1 Å². The van der Waals surface area contributed by atoms with Crippen LogP contribution in [0.15, 0.2) is 48.5 Å². The number of aliphatic hydroxyl groups excluding tert-OH is 1. The minimum absolute atomic E-state index is 0.168. The number of nitrogens with two attached hydrogens (primary N) is 1. The van der Waals surface area contributed by atoms with Crippen LogP contribution in [0.1, 0.15) is 36.0 Å². The largest absolute Gasteiger partial charge is 0.385 e.